The number of aryl methyl sites for hydroxylation is 2. The predicted octanol–water partition coefficient (Wildman–Crippen LogP) is 3.46. The van der Waals surface area contributed by atoms with Gasteiger partial charge in [-0.2, -0.15) is 4.68 Å². The summed E-state index contributed by atoms with van der Waals surface area (Å²) in [5, 5.41) is 11.8. The Balaban J connectivity index is 1.72. The first-order valence-electron chi connectivity index (χ1n) is 7.02. The maximum Gasteiger partial charge on any atom is 0.573 e. The highest BCUT2D eigenvalue weighted by atomic mass is 32.2. The minimum atomic E-state index is -4.73. The molecule has 0 aliphatic rings. The first kappa shape index (κ1) is 17.3. The Morgan fingerprint density at radius 1 is 1.20 bits per heavy atom. The Morgan fingerprint density at radius 3 is 2.52 bits per heavy atom. The van der Waals surface area contributed by atoms with Crippen molar-refractivity contribution in [2.75, 3.05) is 0 Å². The van der Waals surface area contributed by atoms with Gasteiger partial charge in [-0.25, -0.2) is 4.98 Å². The van der Waals surface area contributed by atoms with Crippen molar-refractivity contribution in [3.05, 3.63) is 41.6 Å². The van der Waals surface area contributed by atoms with Crippen molar-refractivity contribution in [2.45, 2.75) is 31.1 Å². The van der Waals surface area contributed by atoms with Crippen LogP contribution in [0, 0.1) is 13.8 Å². The number of tetrazole rings is 1. The molecule has 0 bridgehead atoms. The molecule has 0 aliphatic heterocycles. The highest BCUT2D eigenvalue weighted by Crippen LogP contribution is 2.26. The second-order valence-corrected chi connectivity index (χ2v) is 5.90. The van der Waals surface area contributed by atoms with Gasteiger partial charge in [-0.15, -0.1) is 18.3 Å². The van der Waals surface area contributed by atoms with Gasteiger partial charge in [-0.05, 0) is 48.5 Å². The molecule has 1 aromatic carbocycles. The molecule has 11 heteroatoms. The van der Waals surface area contributed by atoms with Gasteiger partial charge in [0.05, 0.1) is 17.1 Å². The minimum absolute atomic E-state index is 0.315. The summed E-state index contributed by atoms with van der Waals surface area (Å²) in [6, 6.07) is 5.25. The van der Waals surface area contributed by atoms with Crippen molar-refractivity contribution in [3.8, 4) is 11.4 Å². The Labute approximate surface area is 144 Å². The molecule has 3 rings (SSSR count). The molecule has 0 unspecified atom stereocenters. The van der Waals surface area contributed by atoms with Crippen LogP contribution < -0.4 is 4.74 Å². The molecule has 2 heterocycles. The van der Waals surface area contributed by atoms with Gasteiger partial charge in [0.2, 0.25) is 11.0 Å². The molecule has 0 amide bonds. The summed E-state index contributed by atoms with van der Waals surface area (Å²) >= 11 is 1.30. The van der Waals surface area contributed by atoms with E-state index < -0.39 is 6.36 Å². The fourth-order valence-corrected chi connectivity index (χ4v) is 2.68. The van der Waals surface area contributed by atoms with E-state index in [1.807, 2.05) is 13.8 Å². The van der Waals surface area contributed by atoms with Crippen LogP contribution in [0.3, 0.4) is 0 Å². The van der Waals surface area contributed by atoms with Crippen LogP contribution in [0.5, 0.6) is 5.75 Å². The van der Waals surface area contributed by atoms with E-state index in [1.54, 1.807) is 0 Å². The van der Waals surface area contributed by atoms with E-state index in [-0.39, 0.29) is 5.75 Å². The maximum atomic E-state index is 12.2. The molecule has 0 fully saturated rings. The van der Waals surface area contributed by atoms with Crippen LogP contribution in [-0.4, -0.2) is 31.6 Å². The van der Waals surface area contributed by atoms with Crippen LogP contribution in [-0.2, 0) is 5.75 Å². The highest BCUT2D eigenvalue weighted by molar-refractivity contribution is 7.98. The summed E-state index contributed by atoms with van der Waals surface area (Å²) in [5.74, 6) is 1.40. The molecular weight excluding hydrogens is 359 g/mol. The second kappa shape index (κ2) is 6.75. The molecule has 7 nitrogen and oxygen atoms in total. The van der Waals surface area contributed by atoms with E-state index in [4.69, 9.17) is 4.42 Å². The zero-order chi connectivity index (χ0) is 18.0. The van der Waals surface area contributed by atoms with Crippen molar-refractivity contribution in [1.82, 2.24) is 25.2 Å². The van der Waals surface area contributed by atoms with Crippen molar-refractivity contribution in [3.63, 3.8) is 0 Å². The molecule has 0 spiro atoms. The summed E-state index contributed by atoms with van der Waals surface area (Å²) < 4.78 is 47.3. The number of benzene rings is 1. The van der Waals surface area contributed by atoms with Crippen LogP contribution >= 0.6 is 11.8 Å². The topological polar surface area (TPSA) is 78.9 Å². The van der Waals surface area contributed by atoms with Gasteiger partial charge >= 0.3 is 6.36 Å². The molecule has 2 aromatic heterocycles. The molecule has 0 saturated carbocycles. The van der Waals surface area contributed by atoms with E-state index in [9.17, 15) is 13.2 Å². The van der Waals surface area contributed by atoms with Gasteiger partial charge in [0.15, 0.2) is 0 Å². The third-order valence-corrected chi connectivity index (χ3v) is 4.06. The average Bonchev–Trinajstić information content (AvgIpc) is 3.11. The molecule has 0 saturated heterocycles. The first-order chi connectivity index (χ1) is 11.8. The summed E-state index contributed by atoms with van der Waals surface area (Å²) in [7, 11) is 0. The molecule has 0 radical (unpaired) electrons. The molecule has 0 atom stereocenters. The molecular formula is C14H12F3N5O2S. The van der Waals surface area contributed by atoms with Crippen LogP contribution in [0.4, 0.5) is 13.2 Å². The largest absolute Gasteiger partial charge is 0.573 e. The van der Waals surface area contributed by atoms with Gasteiger partial charge in [0, 0.05) is 0 Å². The van der Waals surface area contributed by atoms with E-state index in [2.05, 4.69) is 25.2 Å². The smallest absolute Gasteiger partial charge is 0.445 e. The standard InChI is InChI=1S/C14H12F3N5O2S/c1-8-9(2)23-12(18-8)7-25-13-19-20-21-22(13)10-3-5-11(6-4-10)24-14(15,16)17/h3-6H,7H2,1-2H3. The molecule has 3 aromatic rings. The second-order valence-electron chi connectivity index (χ2n) is 4.95. The van der Waals surface area contributed by atoms with Crippen LogP contribution in [0.25, 0.3) is 5.69 Å². The normalized spacial score (nSPS) is 11.7. The monoisotopic (exact) mass is 371 g/mol. The SMILES string of the molecule is Cc1nc(CSc2nnnn2-c2ccc(OC(F)(F)F)cc2)oc1C. The van der Waals surface area contributed by atoms with E-state index in [0.717, 1.165) is 11.5 Å². The number of nitrogens with zero attached hydrogens (tertiary/aromatic N) is 5. The lowest BCUT2D eigenvalue weighted by atomic mass is 10.3. The number of alkyl halides is 3. The molecule has 0 aliphatic carbocycles. The van der Waals surface area contributed by atoms with Gasteiger partial charge in [-0.3, -0.25) is 0 Å². The highest BCUT2D eigenvalue weighted by Gasteiger charge is 2.31. The number of hydrogen-bond donors (Lipinski definition) is 0. The Bertz CT molecular complexity index is 841. The molecule has 0 N–H and O–H groups in total. The van der Waals surface area contributed by atoms with Crippen LogP contribution in [0.2, 0.25) is 0 Å². The van der Waals surface area contributed by atoms with E-state index >= 15 is 0 Å². The van der Waals surface area contributed by atoms with Crippen molar-refractivity contribution in [2.24, 2.45) is 0 Å². The summed E-state index contributed by atoms with van der Waals surface area (Å²) in [4.78, 5) is 4.27. The van der Waals surface area contributed by atoms with Gasteiger partial charge in [0.1, 0.15) is 11.5 Å². The Hall–Kier alpha value is -2.56. The molecule has 25 heavy (non-hydrogen) atoms. The van der Waals surface area contributed by atoms with Crippen LogP contribution in [0.1, 0.15) is 17.3 Å². The average molecular weight is 371 g/mol. The fourth-order valence-electron chi connectivity index (χ4n) is 1.95. The summed E-state index contributed by atoms with van der Waals surface area (Å²) in [6.07, 6.45) is -4.73. The van der Waals surface area contributed by atoms with Crippen molar-refractivity contribution < 1.29 is 22.3 Å². The number of hydrogen-bond acceptors (Lipinski definition) is 7. The predicted molar refractivity (Wildman–Crippen MR) is 81.4 cm³/mol. The molecule has 132 valence electrons. The number of rotatable bonds is 5. The lowest BCUT2D eigenvalue weighted by Gasteiger charge is -2.09. The fraction of sp³-hybridized carbons (Fsp3) is 0.286. The Kier molecular flexibility index (Phi) is 4.66. The number of ether oxygens (including phenoxy) is 1. The third kappa shape index (κ3) is 4.29. The van der Waals surface area contributed by atoms with Crippen molar-refractivity contribution >= 4 is 11.8 Å². The van der Waals surface area contributed by atoms with Crippen LogP contribution in [0.15, 0.2) is 33.8 Å². The first-order valence-corrected chi connectivity index (χ1v) is 8.00. The number of thioether (sulfide) groups is 1. The van der Waals surface area contributed by atoms with E-state index in [0.29, 0.717) is 22.5 Å². The summed E-state index contributed by atoms with van der Waals surface area (Å²) in [5.41, 5.74) is 1.32. The summed E-state index contributed by atoms with van der Waals surface area (Å²) in [6.45, 7) is 3.67. The van der Waals surface area contributed by atoms with Gasteiger partial charge < -0.3 is 9.15 Å². The van der Waals surface area contributed by atoms with E-state index in [1.165, 1.54) is 40.7 Å². The third-order valence-electron chi connectivity index (χ3n) is 3.15. The minimum Gasteiger partial charge on any atom is -0.445 e. The zero-order valence-corrected chi connectivity index (χ0v) is 13.9. The lowest BCUT2D eigenvalue weighted by molar-refractivity contribution is -0.274. The van der Waals surface area contributed by atoms with Crippen molar-refractivity contribution in [1.29, 1.82) is 0 Å². The maximum absolute atomic E-state index is 12.2. The Morgan fingerprint density at radius 2 is 1.92 bits per heavy atom. The quantitative estimate of drug-likeness (QED) is 0.636. The van der Waals surface area contributed by atoms with Gasteiger partial charge in [0.25, 0.3) is 0 Å². The number of oxazole rings is 1. The zero-order valence-electron chi connectivity index (χ0n) is 13.1. The number of halogens is 3. The lowest BCUT2D eigenvalue weighted by Crippen LogP contribution is -2.17. The van der Waals surface area contributed by atoms with Gasteiger partial charge in [-0.1, -0.05) is 11.8 Å². The number of aromatic nitrogens is 5.